The molecule has 0 amide bonds. The molecule has 0 bridgehead atoms. The Bertz CT molecular complexity index is 85.1. The van der Waals surface area contributed by atoms with Gasteiger partial charge < -0.3 is 10.8 Å². The summed E-state index contributed by atoms with van der Waals surface area (Å²) in [5, 5.41) is 8.49. The second-order valence-corrected chi connectivity index (χ2v) is 2.25. The van der Waals surface area contributed by atoms with Crippen molar-refractivity contribution in [3.8, 4) is 0 Å². The lowest BCUT2D eigenvalue weighted by Gasteiger charge is -2.07. The van der Waals surface area contributed by atoms with E-state index in [0.717, 1.165) is 0 Å². The highest BCUT2D eigenvalue weighted by Gasteiger charge is 2.06. The van der Waals surface area contributed by atoms with E-state index in [1.807, 2.05) is 6.92 Å². The van der Waals surface area contributed by atoms with Crippen LogP contribution in [0.2, 0.25) is 0 Å². The summed E-state index contributed by atoms with van der Waals surface area (Å²) in [5.41, 5.74) is 5.21. The Labute approximate surface area is 54.9 Å². The predicted molar refractivity (Wildman–Crippen MR) is 34.5 cm³/mol. The molecule has 0 aromatic carbocycles. The average Bonchev–Trinajstić information content (AvgIpc) is 1.87. The first kappa shape index (κ1) is 8.59. The first-order chi connectivity index (χ1) is 4.20. The number of nitrogens with two attached hydrogens (primary N) is 1. The van der Waals surface area contributed by atoms with Gasteiger partial charge in [-0.05, 0) is 12.3 Å². The molecule has 0 aromatic rings. The Hall–Kier alpha value is -0.410. The Morgan fingerprint density at radius 3 is 2.67 bits per heavy atom. The molecule has 0 aliphatic carbocycles. The summed E-state index contributed by atoms with van der Waals surface area (Å²) in [6.45, 7) is 1.91. The van der Waals surface area contributed by atoms with E-state index in [1.165, 1.54) is 0 Å². The van der Waals surface area contributed by atoms with Gasteiger partial charge in [0.25, 0.3) is 0 Å². The maximum atomic E-state index is 9.82. The predicted octanol–water partition coefficient (Wildman–Crippen LogP) is -0.558. The Kier molecular flexibility index (Phi) is 4.26. The maximum Gasteiger partial charge on any atom is 0.216 e. The number of aliphatic hydroxyl groups excluding tert-OH is 1. The van der Waals surface area contributed by atoms with Crippen LogP contribution in [-0.4, -0.2) is 24.0 Å². The van der Waals surface area contributed by atoms with Crippen molar-refractivity contribution < 1.29 is 9.90 Å². The van der Waals surface area contributed by atoms with Gasteiger partial charge in [-0.3, -0.25) is 4.79 Å². The molecule has 3 heteroatoms. The minimum atomic E-state index is -0.535. The van der Waals surface area contributed by atoms with Gasteiger partial charge in [0.2, 0.25) is 6.29 Å². The fourth-order valence-electron chi connectivity index (χ4n) is 0.556. The highest BCUT2D eigenvalue weighted by atomic mass is 16.3. The van der Waals surface area contributed by atoms with Gasteiger partial charge in [0, 0.05) is 6.61 Å². The van der Waals surface area contributed by atoms with Crippen molar-refractivity contribution in [1.29, 1.82) is 0 Å². The molecule has 53 valence electrons. The number of carbonyl (C=O) groups excluding carboxylic acids is 1. The van der Waals surface area contributed by atoms with Crippen LogP contribution >= 0.6 is 0 Å². The summed E-state index contributed by atoms with van der Waals surface area (Å²) in [6.07, 6.45) is 2.16. The van der Waals surface area contributed by atoms with Crippen LogP contribution in [-0.2, 0) is 4.79 Å². The van der Waals surface area contributed by atoms with E-state index in [9.17, 15) is 4.79 Å². The average molecular weight is 130 g/mol. The molecule has 3 N–H and O–H groups in total. The highest BCUT2D eigenvalue weighted by molar-refractivity contribution is 5.57. The molecule has 3 nitrogen and oxygen atoms in total. The van der Waals surface area contributed by atoms with Crippen molar-refractivity contribution in [2.24, 2.45) is 11.7 Å². The van der Waals surface area contributed by atoms with E-state index < -0.39 is 6.04 Å². The van der Waals surface area contributed by atoms with Gasteiger partial charge in [0.15, 0.2) is 0 Å². The highest BCUT2D eigenvalue weighted by Crippen LogP contribution is 2.00. The fourth-order valence-corrected chi connectivity index (χ4v) is 0.556. The zero-order chi connectivity index (χ0) is 7.28. The Balaban J connectivity index is 3.33. The molecule has 0 heterocycles. The normalized spacial score (nSPS) is 16.8. The second-order valence-electron chi connectivity index (χ2n) is 2.25. The van der Waals surface area contributed by atoms with Crippen LogP contribution in [0.4, 0.5) is 0 Å². The van der Waals surface area contributed by atoms with Gasteiger partial charge in [-0.1, -0.05) is 6.92 Å². The first-order valence-corrected chi connectivity index (χ1v) is 2.94. The van der Waals surface area contributed by atoms with Crippen molar-refractivity contribution in [2.45, 2.75) is 19.4 Å². The molecule has 0 aliphatic rings. The van der Waals surface area contributed by atoms with E-state index in [1.54, 1.807) is 6.29 Å². The van der Waals surface area contributed by atoms with Crippen LogP contribution in [0.15, 0.2) is 0 Å². The van der Waals surface area contributed by atoms with Crippen molar-refractivity contribution >= 4 is 6.29 Å². The smallest absolute Gasteiger partial charge is 0.216 e. The summed E-state index contributed by atoms with van der Waals surface area (Å²) < 4.78 is 0. The van der Waals surface area contributed by atoms with Crippen LogP contribution in [0, 0.1) is 5.92 Å². The third kappa shape index (κ3) is 4.12. The zero-order valence-electron chi connectivity index (χ0n) is 5.50. The SMILES string of the molecule is CC(CO)C[C@H](N)[C]=O. The van der Waals surface area contributed by atoms with Gasteiger partial charge in [-0.15, -0.1) is 0 Å². The molecule has 1 unspecified atom stereocenters. The Morgan fingerprint density at radius 1 is 1.78 bits per heavy atom. The largest absolute Gasteiger partial charge is 0.396 e. The number of aliphatic hydroxyl groups is 1. The topological polar surface area (TPSA) is 63.3 Å². The van der Waals surface area contributed by atoms with Crippen molar-refractivity contribution in [3.63, 3.8) is 0 Å². The van der Waals surface area contributed by atoms with Crippen molar-refractivity contribution in [3.05, 3.63) is 0 Å². The molecule has 0 fully saturated rings. The van der Waals surface area contributed by atoms with Gasteiger partial charge in [-0.25, -0.2) is 0 Å². The standard InChI is InChI=1S/C6H12NO2/c1-5(3-8)2-6(7)4-9/h5-6,8H,2-3,7H2,1H3/t5?,6-/m0/s1. The molecule has 2 atom stereocenters. The molecule has 0 saturated heterocycles. The lowest BCUT2D eigenvalue weighted by molar-refractivity contribution is 0.228. The molecule has 0 aliphatic heterocycles. The van der Waals surface area contributed by atoms with Gasteiger partial charge in [0.1, 0.15) is 0 Å². The zero-order valence-corrected chi connectivity index (χ0v) is 5.50. The van der Waals surface area contributed by atoms with Crippen LogP contribution in [0.5, 0.6) is 0 Å². The summed E-state index contributed by atoms with van der Waals surface area (Å²) in [5.74, 6) is 0.0986. The quantitative estimate of drug-likeness (QED) is 0.536. The summed E-state index contributed by atoms with van der Waals surface area (Å²) in [6, 6.07) is -0.535. The molecular formula is C6H12NO2. The van der Waals surface area contributed by atoms with Gasteiger partial charge in [0.05, 0.1) is 6.04 Å². The number of rotatable bonds is 4. The lowest BCUT2D eigenvalue weighted by Crippen LogP contribution is -2.25. The van der Waals surface area contributed by atoms with Crippen LogP contribution in [0.1, 0.15) is 13.3 Å². The van der Waals surface area contributed by atoms with E-state index in [4.69, 9.17) is 10.8 Å². The van der Waals surface area contributed by atoms with E-state index >= 15 is 0 Å². The van der Waals surface area contributed by atoms with Crippen LogP contribution < -0.4 is 5.73 Å². The second kappa shape index (κ2) is 4.47. The summed E-state index contributed by atoms with van der Waals surface area (Å²) in [4.78, 5) is 9.82. The Morgan fingerprint density at radius 2 is 2.33 bits per heavy atom. The minimum absolute atomic E-state index is 0.0787. The number of hydrogen-bond acceptors (Lipinski definition) is 3. The molecule has 0 aromatic heterocycles. The van der Waals surface area contributed by atoms with E-state index in [0.29, 0.717) is 6.42 Å². The molecule has 9 heavy (non-hydrogen) atoms. The van der Waals surface area contributed by atoms with Gasteiger partial charge >= 0.3 is 0 Å². The van der Waals surface area contributed by atoms with Gasteiger partial charge in [-0.2, -0.15) is 0 Å². The van der Waals surface area contributed by atoms with Crippen LogP contribution in [0.25, 0.3) is 0 Å². The summed E-state index contributed by atoms with van der Waals surface area (Å²) >= 11 is 0. The van der Waals surface area contributed by atoms with Crippen LogP contribution in [0.3, 0.4) is 0 Å². The molecule has 0 rings (SSSR count). The van der Waals surface area contributed by atoms with Crippen molar-refractivity contribution in [2.75, 3.05) is 6.61 Å². The van der Waals surface area contributed by atoms with Crippen molar-refractivity contribution in [1.82, 2.24) is 0 Å². The summed E-state index contributed by atoms with van der Waals surface area (Å²) in [7, 11) is 0. The third-order valence-electron chi connectivity index (χ3n) is 1.12. The molecular weight excluding hydrogens is 118 g/mol. The van der Waals surface area contributed by atoms with E-state index in [-0.39, 0.29) is 12.5 Å². The third-order valence-corrected chi connectivity index (χ3v) is 1.12. The monoisotopic (exact) mass is 130 g/mol. The molecule has 1 radical (unpaired) electrons. The number of hydrogen-bond donors (Lipinski definition) is 2. The maximum absolute atomic E-state index is 9.82. The lowest BCUT2D eigenvalue weighted by atomic mass is 10.0. The minimum Gasteiger partial charge on any atom is -0.396 e. The molecule has 0 saturated carbocycles. The first-order valence-electron chi connectivity index (χ1n) is 2.94. The molecule has 0 spiro atoms. The fraction of sp³-hybridized carbons (Fsp3) is 0.833. The van der Waals surface area contributed by atoms with E-state index in [2.05, 4.69) is 0 Å².